The summed E-state index contributed by atoms with van der Waals surface area (Å²) in [5.41, 5.74) is 2.66. The van der Waals surface area contributed by atoms with Crippen LogP contribution >= 0.6 is 11.3 Å². The van der Waals surface area contributed by atoms with Crippen molar-refractivity contribution in [3.8, 4) is 11.5 Å². The van der Waals surface area contributed by atoms with Crippen LogP contribution in [0.3, 0.4) is 0 Å². The molecular formula is C27H25N3O6S. The largest absolute Gasteiger partial charge is 0.493 e. The number of allylic oxidation sites excluding steroid dienone is 1. The van der Waals surface area contributed by atoms with E-state index in [1.807, 2.05) is 31.2 Å². The number of amides is 1. The van der Waals surface area contributed by atoms with Gasteiger partial charge < -0.3 is 19.1 Å². The summed E-state index contributed by atoms with van der Waals surface area (Å²) in [5, 5.41) is 0. The third kappa shape index (κ3) is 3.67. The molecule has 1 atom stereocenters. The number of aromatic nitrogens is 1. The average Bonchev–Trinajstić information content (AvgIpc) is 3.38. The molecule has 0 fully saturated rings. The highest BCUT2D eigenvalue weighted by molar-refractivity contribution is 7.07. The Labute approximate surface area is 216 Å². The molecule has 0 N–H and O–H groups in total. The summed E-state index contributed by atoms with van der Waals surface area (Å²) in [5.74, 6) is 0.121. The van der Waals surface area contributed by atoms with Gasteiger partial charge >= 0.3 is 5.97 Å². The lowest BCUT2D eigenvalue weighted by atomic mass is 9.95. The van der Waals surface area contributed by atoms with E-state index in [0.717, 1.165) is 17.0 Å². The Balaban J connectivity index is 1.84. The number of fused-ring (bicyclic) bond motifs is 2. The zero-order chi connectivity index (χ0) is 26.4. The third-order valence-corrected chi connectivity index (χ3v) is 7.65. The predicted molar refractivity (Wildman–Crippen MR) is 139 cm³/mol. The Morgan fingerprint density at radius 2 is 1.78 bits per heavy atom. The second-order valence-electron chi connectivity index (χ2n) is 8.45. The van der Waals surface area contributed by atoms with Gasteiger partial charge in [-0.2, -0.15) is 0 Å². The lowest BCUT2D eigenvalue weighted by Crippen LogP contribution is -2.40. The number of para-hydroxylation sites is 1. The number of nitrogens with zero attached hydrogens (tertiary/aromatic N) is 3. The first kappa shape index (κ1) is 24.5. The van der Waals surface area contributed by atoms with Gasteiger partial charge in [0.1, 0.15) is 4.53 Å². The van der Waals surface area contributed by atoms with Crippen LogP contribution in [0.4, 0.5) is 5.69 Å². The number of hydrogen-bond donors (Lipinski definition) is 0. The predicted octanol–water partition coefficient (Wildman–Crippen LogP) is 2.16. The summed E-state index contributed by atoms with van der Waals surface area (Å²) < 4.78 is 17.7. The Bertz CT molecular complexity index is 1670. The first-order chi connectivity index (χ1) is 17.9. The van der Waals surface area contributed by atoms with Gasteiger partial charge in [-0.25, -0.2) is 9.79 Å². The number of methoxy groups -OCH3 is 3. The van der Waals surface area contributed by atoms with Gasteiger partial charge in [0.25, 0.3) is 11.5 Å². The molecule has 190 valence electrons. The number of benzene rings is 2. The van der Waals surface area contributed by atoms with Crippen LogP contribution in [0.25, 0.3) is 5.57 Å². The Hall–Kier alpha value is -4.18. The second kappa shape index (κ2) is 9.36. The van der Waals surface area contributed by atoms with E-state index in [-0.39, 0.29) is 16.0 Å². The maximum absolute atomic E-state index is 14.1. The normalized spacial score (nSPS) is 17.8. The highest BCUT2D eigenvalue weighted by Crippen LogP contribution is 2.37. The molecule has 0 saturated heterocycles. The number of rotatable bonds is 5. The van der Waals surface area contributed by atoms with Crippen molar-refractivity contribution in [1.82, 2.24) is 4.57 Å². The van der Waals surface area contributed by atoms with Gasteiger partial charge in [-0.05, 0) is 37.6 Å². The Kier molecular flexibility index (Phi) is 6.20. The van der Waals surface area contributed by atoms with E-state index < -0.39 is 17.6 Å². The van der Waals surface area contributed by atoms with Crippen molar-refractivity contribution in [2.75, 3.05) is 32.8 Å². The molecule has 5 rings (SSSR count). The fraction of sp³-hybridized carbons (Fsp3) is 0.259. The van der Waals surface area contributed by atoms with Crippen LogP contribution in [0, 0.1) is 0 Å². The van der Waals surface area contributed by atoms with E-state index in [0.29, 0.717) is 45.2 Å². The third-order valence-electron chi connectivity index (χ3n) is 6.59. The molecule has 0 bridgehead atoms. The molecule has 1 aromatic heterocycles. The molecule has 2 aromatic carbocycles. The van der Waals surface area contributed by atoms with Gasteiger partial charge in [0, 0.05) is 12.1 Å². The molecule has 0 aliphatic carbocycles. The molecule has 0 unspecified atom stereocenters. The maximum atomic E-state index is 14.1. The van der Waals surface area contributed by atoms with Crippen molar-refractivity contribution < 1.29 is 23.8 Å². The highest BCUT2D eigenvalue weighted by atomic mass is 32.1. The number of esters is 1. The summed E-state index contributed by atoms with van der Waals surface area (Å²) in [6.07, 6.45) is 0. The van der Waals surface area contributed by atoms with Crippen LogP contribution in [0.1, 0.15) is 31.0 Å². The average molecular weight is 520 g/mol. The summed E-state index contributed by atoms with van der Waals surface area (Å²) in [7, 11) is 4.33. The Morgan fingerprint density at radius 1 is 1.05 bits per heavy atom. The number of carbonyl (C=O) groups is 2. The van der Waals surface area contributed by atoms with Gasteiger partial charge in [0.2, 0.25) is 0 Å². The number of hydrogen-bond acceptors (Lipinski definition) is 8. The first-order valence-electron chi connectivity index (χ1n) is 11.6. The molecule has 0 spiro atoms. The number of likely N-dealkylation sites (N-methyl/N-ethyl adjacent to an activating group) is 1. The molecule has 9 nitrogen and oxygen atoms in total. The minimum atomic E-state index is -0.841. The number of thiazole rings is 1. The van der Waals surface area contributed by atoms with E-state index in [9.17, 15) is 14.4 Å². The lowest BCUT2D eigenvalue weighted by molar-refractivity contribution is -0.136. The van der Waals surface area contributed by atoms with Crippen molar-refractivity contribution in [2.45, 2.75) is 19.9 Å². The van der Waals surface area contributed by atoms with E-state index in [4.69, 9.17) is 14.2 Å². The molecule has 0 radical (unpaired) electrons. The SMILES string of the molecule is CCN1C(=O)/C(=c2\sc3n(c2=O)[C@H](c2ccc(OC)c(OC)c2)C(C(=O)OC)=C(C)N=3)c2ccccc21. The second-order valence-corrected chi connectivity index (χ2v) is 9.43. The van der Waals surface area contributed by atoms with Gasteiger partial charge in [-0.3, -0.25) is 14.2 Å². The summed E-state index contributed by atoms with van der Waals surface area (Å²) >= 11 is 1.14. The van der Waals surface area contributed by atoms with E-state index >= 15 is 0 Å². The van der Waals surface area contributed by atoms with Gasteiger partial charge in [0.15, 0.2) is 16.3 Å². The lowest BCUT2D eigenvalue weighted by Gasteiger charge is -2.25. The van der Waals surface area contributed by atoms with Gasteiger partial charge in [0.05, 0.1) is 49.9 Å². The van der Waals surface area contributed by atoms with Gasteiger partial charge in [-0.15, -0.1) is 0 Å². The van der Waals surface area contributed by atoms with E-state index in [1.54, 1.807) is 30.0 Å². The molecular weight excluding hydrogens is 494 g/mol. The Morgan fingerprint density at radius 3 is 2.46 bits per heavy atom. The quantitative estimate of drug-likeness (QED) is 0.479. The molecule has 0 saturated carbocycles. The minimum absolute atomic E-state index is 0.229. The zero-order valence-corrected chi connectivity index (χ0v) is 21.8. The topological polar surface area (TPSA) is 99.4 Å². The monoisotopic (exact) mass is 519 g/mol. The van der Waals surface area contributed by atoms with E-state index in [2.05, 4.69) is 4.99 Å². The van der Waals surface area contributed by atoms with Crippen LogP contribution in [0.15, 0.2) is 63.5 Å². The summed E-state index contributed by atoms with van der Waals surface area (Å²) in [6, 6.07) is 11.8. The smallest absolute Gasteiger partial charge is 0.338 e. The number of ether oxygens (including phenoxy) is 3. The maximum Gasteiger partial charge on any atom is 0.338 e. The number of anilines is 1. The van der Waals surface area contributed by atoms with Crippen LogP contribution in [0.2, 0.25) is 0 Å². The molecule has 2 aliphatic heterocycles. The van der Waals surface area contributed by atoms with Crippen LogP contribution in [0.5, 0.6) is 11.5 Å². The molecule has 3 aromatic rings. The fourth-order valence-corrected chi connectivity index (χ4v) is 6.03. The van der Waals surface area contributed by atoms with Crippen molar-refractivity contribution in [3.63, 3.8) is 0 Å². The van der Waals surface area contributed by atoms with Crippen molar-refractivity contribution in [3.05, 3.63) is 84.5 Å². The summed E-state index contributed by atoms with van der Waals surface area (Å²) in [4.78, 5) is 47.1. The summed E-state index contributed by atoms with van der Waals surface area (Å²) in [6.45, 7) is 4.06. The zero-order valence-electron chi connectivity index (χ0n) is 21.0. The van der Waals surface area contributed by atoms with Gasteiger partial charge in [-0.1, -0.05) is 35.6 Å². The minimum Gasteiger partial charge on any atom is -0.493 e. The first-order valence-corrected chi connectivity index (χ1v) is 12.4. The highest BCUT2D eigenvalue weighted by Gasteiger charge is 2.37. The molecule has 3 heterocycles. The van der Waals surface area contributed by atoms with Crippen molar-refractivity contribution >= 4 is 34.5 Å². The molecule has 37 heavy (non-hydrogen) atoms. The van der Waals surface area contributed by atoms with Crippen LogP contribution in [-0.2, 0) is 14.3 Å². The standard InChI is InChI=1S/C27H25N3O6S/c1-6-29-17-10-8-7-9-16(17)21(24(29)31)23-25(32)30-22(15-11-12-18(34-3)19(13-15)35-4)20(26(33)36-5)14(2)28-27(30)37-23/h7-13,22H,6H2,1-5H3/b23-21-/t22-/m1/s1. The number of carbonyl (C=O) groups excluding carboxylic acids is 2. The van der Waals surface area contributed by atoms with Crippen molar-refractivity contribution in [2.24, 2.45) is 4.99 Å². The molecule has 1 amide bonds. The van der Waals surface area contributed by atoms with Crippen molar-refractivity contribution in [1.29, 1.82) is 0 Å². The van der Waals surface area contributed by atoms with Crippen LogP contribution < -0.4 is 29.3 Å². The fourth-order valence-electron chi connectivity index (χ4n) is 4.89. The molecule has 2 aliphatic rings. The van der Waals surface area contributed by atoms with E-state index in [1.165, 1.54) is 25.9 Å². The molecule has 10 heteroatoms. The van der Waals surface area contributed by atoms with Crippen LogP contribution in [-0.4, -0.2) is 44.3 Å².